The topological polar surface area (TPSA) is 135 Å². The normalized spacial score (nSPS) is 31.8. The maximum Gasteiger partial charge on any atom is 0.475 e. The van der Waals surface area contributed by atoms with Gasteiger partial charge in [-0.1, -0.05) is 19.8 Å². The third kappa shape index (κ3) is 5.37. The molecule has 2 fully saturated rings. The number of aromatic nitrogens is 2. The highest BCUT2D eigenvalue weighted by molar-refractivity contribution is 7.48. The zero-order chi connectivity index (χ0) is 25.3. The summed E-state index contributed by atoms with van der Waals surface area (Å²) in [5.74, 6) is 1.78. The molecule has 0 aliphatic carbocycles. The molecule has 3 rings (SSSR count). The van der Waals surface area contributed by atoms with Crippen LogP contribution in [0.1, 0.15) is 47.3 Å². The number of phosphoric ester groups is 1. The minimum atomic E-state index is -4.03. The second kappa shape index (κ2) is 10.2. The molecule has 1 unspecified atom stereocenters. The Kier molecular flexibility index (Phi) is 7.90. The van der Waals surface area contributed by atoms with Gasteiger partial charge >= 0.3 is 19.5 Å². The first-order valence-corrected chi connectivity index (χ1v) is 12.6. The van der Waals surface area contributed by atoms with Crippen molar-refractivity contribution in [2.24, 2.45) is 17.3 Å². The quantitative estimate of drug-likeness (QED) is 0.325. The number of carbonyl (C=O) groups excluding carboxylic acids is 1. The van der Waals surface area contributed by atoms with E-state index in [9.17, 15) is 18.9 Å². The summed E-state index contributed by atoms with van der Waals surface area (Å²) in [5, 5.41) is 0. The Labute approximate surface area is 197 Å². The SMILES string of the molecule is C#C[C@]1(C)[C@@H]2O[P@](=O)(OCCC(C(=O)OC(C)C)C(C)C)OC[C@H]2O[C@H]1n1ccc(=O)[nH]c1=O. The number of rotatable bonds is 8. The van der Waals surface area contributed by atoms with Crippen molar-refractivity contribution in [3.8, 4) is 12.3 Å². The molecule has 0 amide bonds. The van der Waals surface area contributed by atoms with Crippen molar-refractivity contribution in [2.75, 3.05) is 13.2 Å². The molecule has 34 heavy (non-hydrogen) atoms. The molecule has 0 bridgehead atoms. The lowest BCUT2D eigenvalue weighted by Crippen LogP contribution is -2.43. The molecule has 2 aliphatic heterocycles. The number of nitrogens with one attached hydrogen (secondary N) is 1. The second-order valence-electron chi connectivity index (χ2n) is 9.20. The summed E-state index contributed by atoms with van der Waals surface area (Å²) in [6.45, 7) is 8.74. The van der Waals surface area contributed by atoms with Crippen LogP contribution in [0, 0.1) is 29.6 Å². The Morgan fingerprint density at radius 3 is 2.68 bits per heavy atom. The number of carbonyl (C=O) groups is 1. The lowest BCUT2D eigenvalue weighted by Gasteiger charge is -2.35. The van der Waals surface area contributed by atoms with Crippen LogP contribution in [0.15, 0.2) is 21.9 Å². The van der Waals surface area contributed by atoms with Crippen molar-refractivity contribution < 1.29 is 32.4 Å². The number of terminal acetylenes is 1. The molecule has 3 heterocycles. The Bertz CT molecular complexity index is 1100. The van der Waals surface area contributed by atoms with E-state index in [1.165, 1.54) is 12.3 Å². The summed E-state index contributed by atoms with van der Waals surface area (Å²) < 4.78 is 42.2. The molecule has 6 atom stereocenters. The van der Waals surface area contributed by atoms with Crippen LogP contribution in [-0.2, 0) is 32.4 Å². The number of H-pyrrole nitrogens is 1. The molecule has 0 aromatic carbocycles. The van der Waals surface area contributed by atoms with E-state index in [0.29, 0.717) is 0 Å². The molecule has 0 saturated carbocycles. The highest BCUT2D eigenvalue weighted by atomic mass is 31.2. The van der Waals surface area contributed by atoms with Gasteiger partial charge in [-0.25, -0.2) is 9.36 Å². The number of esters is 1. The Morgan fingerprint density at radius 2 is 2.09 bits per heavy atom. The van der Waals surface area contributed by atoms with Crippen LogP contribution < -0.4 is 11.2 Å². The molecule has 1 aromatic rings. The van der Waals surface area contributed by atoms with E-state index in [1.807, 2.05) is 13.8 Å². The fourth-order valence-electron chi connectivity index (χ4n) is 4.07. The van der Waals surface area contributed by atoms with E-state index < -0.39 is 48.8 Å². The molecular formula is C22H31N2O9P. The lowest BCUT2D eigenvalue weighted by molar-refractivity contribution is -0.154. The van der Waals surface area contributed by atoms with Crippen molar-refractivity contribution in [3.05, 3.63) is 33.1 Å². The van der Waals surface area contributed by atoms with Gasteiger partial charge in [0.15, 0.2) is 6.23 Å². The molecule has 1 N–H and O–H groups in total. The van der Waals surface area contributed by atoms with Crippen molar-refractivity contribution in [2.45, 2.75) is 65.6 Å². The Hall–Kier alpha value is -2.22. The van der Waals surface area contributed by atoms with E-state index in [4.69, 9.17) is 29.5 Å². The van der Waals surface area contributed by atoms with Gasteiger partial charge in [0.25, 0.3) is 5.56 Å². The van der Waals surface area contributed by atoms with Gasteiger partial charge < -0.3 is 9.47 Å². The monoisotopic (exact) mass is 498 g/mol. The van der Waals surface area contributed by atoms with Gasteiger partial charge in [0.2, 0.25) is 0 Å². The van der Waals surface area contributed by atoms with Gasteiger partial charge in [-0.3, -0.25) is 32.7 Å². The van der Waals surface area contributed by atoms with Crippen LogP contribution >= 0.6 is 7.82 Å². The number of hydrogen-bond donors (Lipinski definition) is 1. The molecule has 188 valence electrons. The van der Waals surface area contributed by atoms with Crippen molar-refractivity contribution in [3.63, 3.8) is 0 Å². The van der Waals surface area contributed by atoms with Crippen LogP contribution in [0.3, 0.4) is 0 Å². The van der Waals surface area contributed by atoms with Gasteiger partial charge in [0.1, 0.15) is 17.6 Å². The number of phosphoric acid groups is 1. The number of nitrogens with zero attached hydrogens (tertiary/aromatic N) is 1. The molecular weight excluding hydrogens is 467 g/mol. The average Bonchev–Trinajstić information content (AvgIpc) is 3.02. The maximum atomic E-state index is 13.2. The van der Waals surface area contributed by atoms with Crippen molar-refractivity contribution in [1.29, 1.82) is 0 Å². The van der Waals surface area contributed by atoms with Crippen LogP contribution in [0.5, 0.6) is 0 Å². The first-order valence-electron chi connectivity index (χ1n) is 11.1. The molecule has 1 aromatic heterocycles. The van der Waals surface area contributed by atoms with Crippen LogP contribution in [-0.4, -0.2) is 47.0 Å². The summed E-state index contributed by atoms with van der Waals surface area (Å²) in [6.07, 6.45) is 4.45. The van der Waals surface area contributed by atoms with E-state index in [0.717, 1.165) is 4.57 Å². The first-order chi connectivity index (χ1) is 15.9. The number of aromatic amines is 1. The maximum absolute atomic E-state index is 13.2. The Morgan fingerprint density at radius 1 is 1.38 bits per heavy atom. The predicted molar refractivity (Wildman–Crippen MR) is 121 cm³/mol. The van der Waals surface area contributed by atoms with E-state index in [-0.39, 0.29) is 37.6 Å². The third-order valence-electron chi connectivity index (χ3n) is 5.94. The number of ether oxygens (including phenoxy) is 2. The highest BCUT2D eigenvalue weighted by Gasteiger charge is 2.60. The van der Waals surface area contributed by atoms with Crippen LogP contribution in [0.25, 0.3) is 0 Å². The van der Waals surface area contributed by atoms with Gasteiger partial charge in [-0.05, 0) is 33.1 Å². The zero-order valence-corrected chi connectivity index (χ0v) is 20.8. The summed E-state index contributed by atoms with van der Waals surface area (Å²) >= 11 is 0. The highest BCUT2D eigenvalue weighted by Crippen LogP contribution is 2.60. The van der Waals surface area contributed by atoms with Crippen molar-refractivity contribution in [1.82, 2.24) is 9.55 Å². The van der Waals surface area contributed by atoms with E-state index in [1.54, 1.807) is 20.8 Å². The van der Waals surface area contributed by atoms with Crippen LogP contribution in [0.4, 0.5) is 0 Å². The van der Waals surface area contributed by atoms with Gasteiger partial charge in [-0.15, -0.1) is 6.42 Å². The minimum absolute atomic E-state index is 0.0160. The molecule has 2 saturated heterocycles. The van der Waals surface area contributed by atoms with Crippen LogP contribution in [0.2, 0.25) is 0 Å². The average molecular weight is 498 g/mol. The van der Waals surface area contributed by atoms with Gasteiger partial charge in [-0.2, -0.15) is 0 Å². The fraction of sp³-hybridized carbons (Fsp3) is 0.682. The third-order valence-corrected chi connectivity index (χ3v) is 7.39. The molecule has 0 radical (unpaired) electrons. The standard InChI is InChI=1S/C22H31N2O9P/c1-7-22(6)18-16(32-20(22)24-10-8-17(25)23-21(24)27)12-30-34(28,33-18)29-11-9-15(13(2)3)19(26)31-14(4)5/h1,8,10,13-16,18,20H,9,11-12H2,2-6H3,(H,23,25,27)/t15?,16-,18-,20-,22-,34-/m1/s1. The fourth-order valence-corrected chi connectivity index (χ4v) is 5.55. The lowest BCUT2D eigenvalue weighted by atomic mass is 9.83. The summed E-state index contributed by atoms with van der Waals surface area (Å²) in [5.41, 5.74) is -2.49. The Balaban J connectivity index is 1.72. The molecule has 12 heteroatoms. The summed E-state index contributed by atoms with van der Waals surface area (Å²) in [6, 6.07) is 1.17. The zero-order valence-electron chi connectivity index (χ0n) is 19.9. The van der Waals surface area contributed by atoms with E-state index >= 15 is 0 Å². The van der Waals surface area contributed by atoms with Gasteiger partial charge in [0, 0.05) is 12.3 Å². The predicted octanol–water partition coefficient (Wildman–Crippen LogP) is 2.23. The molecule has 2 aliphatic rings. The molecule has 0 spiro atoms. The minimum Gasteiger partial charge on any atom is -0.463 e. The largest absolute Gasteiger partial charge is 0.475 e. The summed E-state index contributed by atoms with van der Waals surface area (Å²) in [7, 11) is -4.03. The first kappa shape index (κ1) is 26.4. The van der Waals surface area contributed by atoms with E-state index in [2.05, 4.69) is 10.9 Å². The second-order valence-corrected chi connectivity index (χ2v) is 10.8. The summed E-state index contributed by atoms with van der Waals surface area (Å²) in [4.78, 5) is 38.3. The number of fused-ring (bicyclic) bond motifs is 1. The van der Waals surface area contributed by atoms with Crippen molar-refractivity contribution >= 4 is 13.8 Å². The van der Waals surface area contributed by atoms with Gasteiger partial charge in [0.05, 0.1) is 25.2 Å². The smallest absolute Gasteiger partial charge is 0.463 e. The number of hydrogen-bond acceptors (Lipinski definition) is 9. The molecule has 11 nitrogen and oxygen atoms in total.